The van der Waals surface area contributed by atoms with Crippen LogP contribution in [0.4, 0.5) is 0 Å². The van der Waals surface area contributed by atoms with Gasteiger partial charge in [-0.1, -0.05) is 42.5 Å². The van der Waals surface area contributed by atoms with Crippen LogP contribution in [0.25, 0.3) is 16.9 Å². The van der Waals surface area contributed by atoms with Crippen molar-refractivity contribution >= 4 is 5.91 Å². The largest absolute Gasteiger partial charge is 0.352 e. The SMILES string of the molecule is CC(=O)N[C@@H]1CCN(Cc2cn(-c3cc(C)ccc3C)nc2-c2ccccc2)C1. The number of nitrogens with zero attached hydrogens (tertiary/aromatic N) is 3. The first-order chi connectivity index (χ1) is 14.0. The Bertz CT molecular complexity index is 1010. The number of rotatable bonds is 5. The van der Waals surface area contributed by atoms with Gasteiger partial charge in [0.2, 0.25) is 5.91 Å². The van der Waals surface area contributed by atoms with Gasteiger partial charge in [-0.15, -0.1) is 0 Å². The van der Waals surface area contributed by atoms with Crippen LogP contribution in [0, 0.1) is 13.8 Å². The molecule has 1 amide bonds. The lowest BCUT2D eigenvalue weighted by Gasteiger charge is -2.16. The van der Waals surface area contributed by atoms with E-state index in [4.69, 9.17) is 5.10 Å². The maximum Gasteiger partial charge on any atom is 0.217 e. The third kappa shape index (κ3) is 4.40. The third-order valence-corrected chi connectivity index (χ3v) is 5.52. The standard InChI is InChI=1S/C24H28N4O/c1-17-9-10-18(2)23(13-17)28-15-21(24(26-28)20-7-5-4-6-8-20)14-27-12-11-22(16-27)25-19(3)29/h4-10,13,15,22H,11-12,14,16H2,1-3H3,(H,25,29)/t22-/m1/s1. The Morgan fingerprint density at radius 2 is 1.97 bits per heavy atom. The zero-order chi connectivity index (χ0) is 20.4. The maximum atomic E-state index is 11.4. The van der Waals surface area contributed by atoms with E-state index in [1.165, 1.54) is 16.7 Å². The van der Waals surface area contributed by atoms with Crippen LogP contribution in [0.5, 0.6) is 0 Å². The van der Waals surface area contributed by atoms with Crippen LogP contribution in [0.3, 0.4) is 0 Å². The lowest BCUT2D eigenvalue weighted by atomic mass is 10.1. The summed E-state index contributed by atoms with van der Waals surface area (Å²) in [5.41, 5.74) is 6.91. The fourth-order valence-corrected chi connectivity index (χ4v) is 4.08. The summed E-state index contributed by atoms with van der Waals surface area (Å²) in [6, 6.07) is 17.1. The number of likely N-dealkylation sites (tertiary alicyclic amines) is 1. The molecule has 29 heavy (non-hydrogen) atoms. The smallest absolute Gasteiger partial charge is 0.217 e. The minimum absolute atomic E-state index is 0.0459. The highest BCUT2D eigenvalue weighted by Gasteiger charge is 2.25. The van der Waals surface area contributed by atoms with Crippen LogP contribution < -0.4 is 5.32 Å². The Morgan fingerprint density at radius 1 is 1.17 bits per heavy atom. The van der Waals surface area contributed by atoms with Gasteiger partial charge in [-0.25, -0.2) is 4.68 Å². The molecule has 1 atom stereocenters. The Labute approximate surface area is 172 Å². The molecule has 1 N–H and O–H groups in total. The number of hydrogen-bond donors (Lipinski definition) is 1. The zero-order valence-corrected chi connectivity index (χ0v) is 17.4. The van der Waals surface area contributed by atoms with Gasteiger partial charge < -0.3 is 5.32 Å². The van der Waals surface area contributed by atoms with Gasteiger partial charge in [0.25, 0.3) is 0 Å². The van der Waals surface area contributed by atoms with Crippen LogP contribution in [0.1, 0.15) is 30.0 Å². The Balaban J connectivity index is 1.66. The van der Waals surface area contributed by atoms with Crippen molar-refractivity contribution < 1.29 is 4.79 Å². The second kappa shape index (κ2) is 8.21. The van der Waals surface area contributed by atoms with Crippen molar-refractivity contribution in [1.29, 1.82) is 0 Å². The Kier molecular flexibility index (Phi) is 5.49. The van der Waals surface area contributed by atoms with E-state index in [0.29, 0.717) is 0 Å². The van der Waals surface area contributed by atoms with Gasteiger partial charge in [0.15, 0.2) is 0 Å². The first-order valence-corrected chi connectivity index (χ1v) is 10.2. The number of hydrogen-bond acceptors (Lipinski definition) is 3. The first kappa shape index (κ1) is 19.4. The number of amides is 1. The van der Waals surface area contributed by atoms with E-state index in [0.717, 1.165) is 43.0 Å². The van der Waals surface area contributed by atoms with Crippen LogP contribution >= 0.6 is 0 Å². The summed E-state index contributed by atoms with van der Waals surface area (Å²) in [7, 11) is 0. The van der Waals surface area contributed by atoms with Crippen molar-refractivity contribution in [3.8, 4) is 16.9 Å². The van der Waals surface area contributed by atoms with Crippen molar-refractivity contribution in [3.63, 3.8) is 0 Å². The molecule has 0 radical (unpaired) electrons. The van der Waals surface area contributed by atoms with E-state index in [-0.39, 0.29) is 11.9 Å². The highest BCUT2D eigenvalue weighted by atomic mass is 16.1. The summed E-state index contributed by atoms with van der Waals surface area (Å²) in [6.07, 6.45) is 3.15. The Hall–Kier alpha value is -2.92. The van der Waals surface area contributed by atoms with Crippen molar-refractivity contribution in [2.75, 3.05) is 13.1 Å². The van der Waals surface area contributed by atoms with Crippen LogP contribution in [-0.2, 0) is 11.3 Å². The van der Waals surface area contributed by atoms with E-state index in [2.05, 4.69) is 72.7 Å². The minimum Gasteiger partial charge on any atom is -0.352 e. The number of nitrogens with one attached hydrogen (secondary N) is 1. The van der Waals surface area contributed by atoms with E-state index in [1.807, 2.05) is 10.7 Å². The lowest BCUT2D eigenvalue weighted by Crippen LogP contribution is -2.35. The molecule has 1 aliphatic heterocycles. The van der Waals surface area contributed by atoms with Crippen molar-refractivity contribution in [3.05, 3.63) is 71.4 Å². The highest BCUT2D eigenvalue weighted by molar-refractivity contribution is 5.73. The second-order valence-electron chi connectivity index (χ2n) is 8.02. The molecule has 150 valence electrons. The molecule has 2 heterocycles. The molecule has 0 aliphatic carbocycles. The molecular formula is C24H28N4O. The highest BCUT2D eigenvalue weighted by Crippen LogP contribution is 2.27. The second-order valence-corrected chi connectivity index (χ2v) is 8.02. The molecule has 1 fully saturated rings. The quantitative estimate of drug-likeness (QED) is 0.722. The summed E-state index contributed by atoms with van der Waals surface area (Å²) >= 11 is 0. The van der Waals surface area contributed by atoms with E-state index >= 15 is 0 Å². The zero-order valence-electron chi connectivity index (χ0n) is 17.4. The van der Waals surface area contributed by atoms with Gasteiger partial charge in [-0.3, -0.25) is 9.69 Å². The first-order valence-electron chi connectivity index (χ1n) is 10.2. The van der Waals surface area contributed by atoms with Gasteiger partial charge in [0.1, 0.15) is 0 Å². The van der Waals surface area contributed by atoms with Crippen molar-refractivity contribution in [1.82, 2.24) is 20.0 Å². The molecular weight excluding hydrogens is 360 g/mol. The number of carbonyl (C=O) groups is 1. The Morgan fingerprint density at radius 3 is 2.72 bits per heavy atom. The molecule has 2 aromatic carbocycles. The fourth-order valence-electron chi connectivity index (χ4n) is 4.08. The minimum atomic E-state index is 0.0459. The van der Waals surface area contributed by atoms with E-state index in [1.54, 1.807) is 6.92 Å². The summed E-state index contributed by atoms with van der Waals surface area (Å²) < 4.78 is 2.02. The molecule has 0 unspecified atom stereocenters. The normalized spacial score (nSPS) is 16.9. The number of aromatic nitrogens is 2. The molecule has 5 nitrogen and oxygen atoms in total. The molecule has 0 spiro atoms. The van der Waals surface area contributed by atoms with E-state index in [9.17, 15) is 4.79 Å². The molecule has 4 rings (SSSR count). The summed E-state index contributed by atoms with van der Waals surface area (Å²) in [6.45, 7) is 8.50. The number of benzene rings is 2. The average molecular weight is 389 g/mol. The van der Waals surface area contributed by atoms with Gasteiger partial charge >= 0.3 is 0 Å². The van der Waals surface area contributed by atoms with Gasteiger partial charge in [-0.05, 0) is 37.5 Å². The predicted octanol–water partition coefficient (Wildman–Crippen LogP) is 3.87. The molecule has 1 aliphatic rings. The van der Waals surface area contributed by atoms with Crippen LogP contribution in [0.2, 0.25) is 0 Å². The molecule has 1 aromatic heterocycles. The third-order valence-electron chi connectivity index (χ3n) is 5.52. The molecule has 0 bridgehead atoms. The summed E-state index contributed by atoms with van der Waals surface area (Å²) in [5.74, 6) is 0.0459. The molecule has 1 saturated heterocycles. The summed E-state index contributed by atoms with van der Waals surface area (Å²) in [4.78, 5) is 13.8. The average Bonchev–Trinajstić information content (AvgIpc) is 3.31. The van der Waals surface area contributed by atoms with Crippen molar-refractivity contribution in [2.24, 2.45) is 0 Å². The van der Waals surface area contributed by atoms with Crippen LogP contribution in [0.15, 0.2) is 54.7 Å². The maximum absolute atomic E-state index is 11.4. The lowest BCUT2D eigenvalue weighted by molar-refractivity contribution is -0.119. The predicted molar refractivity (Wildman–Crippen MR) is 116 cm³/mol. The monoisotopic (exact) mass is 388 g/mol. The van der Waals surface area contributed by atoms with Crippen molar-refractivity contribution in [2.45, 2.75) is 39.8 Å². The summed E-state index contributed by atoms with van der Waals surface area (Å²) in [5, 5.41) is 8.03. The van der Waals surface area contributed by atoms with Gasteiger partial charge in [-0.2, -0.15) is 5.10 Å². The topological polar surface area (TPSA) is 50.2 Å². The molecule has 0 saturated carbocycles. The number of aryl methyl sites for hydroxylation is 2. The van der Waals surface area contributed by atoms with Gasteiger partial charge in [0, 0.05) is 49.9 Å². The molecule has 5 heteroatoms. The number of carbonyl (C=O) groups excluding carboxylic acids is 1. The van der Waals surface area contributed by atoms with Gasteiger partial charge in [0.05, 0.1) is 11.4 Å². The van der Waals surface area contributed by atoms with Crippen LogP contribution in [-0.4, -0.2) is 39.7 Å². The van der Waals surface area contributed by atoms with E-state index < -0.39 is 0 Å². The molecule has 3 aromatic rings. The fraction of sp³-hybridized carbons (Fsp3) is 0.333.